The van der Waals surface area contributed by atoms with Gasteiger partial charge in [-0.25, -0.2) is 0 Å². The number of nitrogens with one attached hydrogen (secondary N) is 1. The van der Waals surface area contributed by atoms with Gasteiger partial charge in [-0.3, -0.25) is 16.3 Å². The van der Waals surface area contributed by atoms with Crippen molar-refractivity contribution in [2.24, 2.45) is 5.84 Å². The zero-order chi connectivity index (χ0) is 14.5. The molecule has 5 heteroatoms. The van der Waals surface area contributed by atoms with Gasteiger partial charge in [-0.1, -0.05) is 17.7 Å². The normalized spacial score (nSPS) is 12.2. The molecule has 20 heavy (non-hydrogen) atoms. The first kappa shape index (κ1) is 14.8. The van der Waals surface area contributed by atoms with Gasteiger partial charge >= 0.3 is 0 Å². The van der Waals surface area contributed by atoms with Gasteiger partial charge in [0.05, 0.1) is 18.8 Å². The number of pyridine rings is 1. The van der Waals surface area contributed by atoms with Crippen molar-refractivity contribution in [2.75, 3.05) is 7.11 Å². The maximum atomic E-state index is 6.05. The van der Waals surface area contributed by atoms with Gasteiger partial charge < -0.3 is 4.74 Å². The number of aromatic nitrogens is 1. The summed E-state index contributed by atoms with van der Waals surface area (Å²) in [7, 11) is 1.64. The third-order valence-corrected chi connectivity index (χ3v) is 3.48. The van der Waals surface area contributed by atoms with Crippen molar-refractivity contribution in [1.29, 1.82) is 0 Å². The van der Waals surface area contributed by atoms with Crippen LogP contribution in [-0.2, 0) is 6.42 Å². The maximum Gasteiger partial charge on any atom is 0.122 e. The summed E-state index contributed by atoms with van der Waals surface area (Å²) in [6.07, 6.45) is 2.42. The molecule has 0 aliphatic heterocycles. The average Bonchev–Trinajstić information content (AvgIpc) is 2.46. The van der Waals surface area contributed by atoms with E-state index in [1.165, 1.54) is 0 Å². The number of hydrazine groups is 1. The van der Waals surface area contributed by atoms with Crippen LogP contribution in [0.25, 0.3) is 0 Å². The molecule has 1 aromatic carbocycles. The van der Waals surface area contributed by atoms with E-state index in [1.54, 1.807) is 19.4 Å². The Morgan fingerprint density at radius 3 is 2.85 bits per heavy atom. The molecule has 4 nitrogen and oxygen atoms in total. The smallest absolute Gasteiger partial charge is 0.122 e. The predicted molar refractivity (Wildman–Crippen MR) is 80.7 cm³/mol. The molecule has 1 atom stereocenters. The van der Waals surface area contributed by atoms with E-state index in [2.05, 4.69) is 10.4 Å². The van der Waals surface area contributed by atoms with E-state index in [0.29, 0.717) is 11.4 Å². The summed E-state index contributed by atoms with van der Waals surface area (Å²) < 4.78 is 5.36. The van der Waals surface area contributed by atoms with Crippen molar-refractivity contribution in [3.05, 3.63) is 58.4 Å². The van der Waals surface area contributed by atoms with E-state index in [-0.39, 0.29) is 6.04 Å². The third kappa shape index (κ3) is 3.28. The van der Waals surface area contributed by atoms with E-state index in [9.17, 15) is 0 Å². The second-order valence-corrected chi connectivity index (χ2v) is 5.02. The van der Waals surface area contributed by atoms with Gasteiger partial charge in [0, 0.05) is 11.2 Å². The van der Waals surface area contributed by atoms with Gasteiger partial charge in [0.1, 0.15) is 5.75 Å². The number of hydrogen-bond acceptors (Lipinski definition) is 4. The number of methoxy groups -OCH3 is 1. The van der Waals surface area contributed by atoms with Crippen LogP contribution in [0, 0.1) is 6.92 Å². The van der Waals surface area contributed by atoms with Gasteiger partial charge in [0.2, 0.25) is 0 Å². The van der Waals surface area contributed by atoms with E-state index in [1.807, 2.05) is 31.2 Å². The number of rotatable bonds is 5. The number of halogens is 1. The molecule has 106 valence electrons. The topological polar surface area (TPSA) is 60.2 Å². The van der Waals surface area contributed by atoms with E-state index in [4.69, 9.17) is 22.2 Å². The fourth-order valence-corrected chi connectivity index (χ4v) is 2.42. The number of hydrogen-bond donors (Lipinski definition) is 2. The van der Waals surface area contributed by atoms with Crippen molar-refractivity contribution < 1.29 is 4.74 Å². The van der Waals surface area contributed by atoms with Crippen molar-refractivity contribution in [3.63, 3.8) is 0 Å². The molecule has 2 aromatic rings. The van der Waals surface area contributed by atoms with Gasteiger partial charge in [-0.2, -0.15) is 0 Å². The Morgan fingerprint density at radius 1 is 1.40 bits per heavy atom. The van der Waals surface area contributed by atoms with Gasteiger partial charge in [0.15, 0.2) is 0 Å². The lowest BCUT2D eigenvalue weighted by atomic mass is 10.00. The monoisotopic (exact) mass is 291 g/mol. The zero-order valence-corrected chi connectivity index (χ0v) is 12.3. The lowest BCUT2D eigenvalue weighted by molar-refractivity contribution is 0.405. The van der Waals surface area contributed by atoms with E-state index >= 15 is 0 Å². The van der Waals surface area contributed by atoms with E-state index < -0.39 is 0 Å². The standard InChI is InChI=1S/C15H18ClN3O/c1-10-4-3-7-18-15(10)13(19-17)9-11-8-12(16)5-6-14(11)20-2/h3-8,13,19H,9,17H2,1-2H3. The highest BCUT2D eigenvalue weighted by molar-refractivity contribution is 6.30. The highest BCUT2D eigenvalue weighted by Gasteiger charge is 2.16. The van der Waals surface area contributed by atoms with Crippen molar-refractivity contribution >= 4 is 11.6 Å². The second-order valence-electron chi connectivity index (χ2n) is 4.59. The number of benzene rings is 1. The number of nitrogens with zero attached hydrogens (tertiary/aromatic N) is 1. The quantitative estimate of drug-likeness (QED) is 0.657. The summed E-state index contributed by atoms with van der Waals surface area (Å²) in [6.45, 7) is 2.02. The molecule has 0 aliphatic carbocycles. The molecule has 0 fully saturated rings. The molecule has 0 amide bonds. The molecule has 2 rings (SSSR count). The van der Waals surface area contributed by atoms with Crippen LogP contribution in [0.15, 0.2) is 36.5 Å². The summed E-state index contributed by atoms with van der Waals surface area (Å²) in [5.74, 6) is 6.48. The second kappa shape index (κ2) is 6.70. The van der Waals surface area contributed by atoms with Gasteiger partial charge in [-0.15, -0.1) is 0 Å². The molecule has 3 N–H and O–H groups in total. The van der Waals surface area contributed by atoms with Gasteiger partial charge in [-0.05, 0) is 48.7 Å². The molecular formula is C15H18ClN3O. The minimum Gasteiger partial charge on any atom is -0.496 e. The first-order chi connectivity index (χ1) is 9.65. The number of nitrogens with two attached hydrogens (primary N) is 1. The van der Waals surface area contributed by atoms with Crippen LogP contribution >= 0.6 is 11.6 Å². The Hall–Kier alpha value is -1.62. The molecule has 1 aromatic heterocycles. The highest BCUT2D eigenvalue weighted by atomic mass is 35.5. The first-order valence-corrected chi connectivity index (χ1v) is 6.73. The maximum absolute atomic E-state index is 6.05. The van der Waals surface area contributed by atoms with Crippen LogP contribution in [0.1, 0.15) is 22.9 Å². The fraction of sp³-hybridized carbons (Fsp3) is 0.267. The summed E-state index contributed by atoms with van der Waals surface area (Å²) in [5, 5.41) is 0.675. The molecule has 0 bridgehead atoms. The summed E-state index contributed by atoms with van der Waals surface area (Å²) >= 11 is 6.05. The lowest BCUT2D eigenvalue weighted by Gasteiger charge is -2.19. The molecule has 0 spiro atoms. The SMILES string of the molecule is COc1ccc(Cl)cc1CC(NN)c1ncccc1C. The Labute approximate surface area is 123 Å². The minimum absolute atomic E-state index is 0.0939. The fourth-order valence-electron chi connectivity index (χ4n) is 2.22. The lowest BCUT2D eigenvalue weighted by Crippen LogP contribution is -2.31. The Morgan fingerprint density at radius 2 is 2.20 bits per heavy atom. The summed E-state index contributed by atoms with van der Waals surface area (Å²) in [5.41, 5.74) is 5.83. The van der Waals surface area contributed by atoms with Crippen molar-refractivity contribution in [2.45, 2.75) is 19.4 Å². The average molecular weight is 292 g/mol. The van der Waals surface area contributed by atoms with Crippen molar-refractivity contribution in [3.8, 4) is 5.75 Å². The number of aryl methyl sites for hydroxylation is 1. The Balaban J connectivity index is 2.31. The molecule has 0 aliphatic rings. The third-order valence-electron chi connectivity index (χ3n) is 3.25. The first-order valence-electron chi connectivity index (χ1n) is 6.35. The molecular weight excluding hydrogens is 274 g/mol. The van der Waals surface area contributed by atoms with Gasteiger partial charge in [0.25, 0.3) is 0 Å². The van der Waals surface area contributed by atoms with Crippen LogP contribution in [-0.4, -0.2) is 12.1 Å². The molecule has 0 radical (unpaired) electrons. The van der Waals surface area contributed by atoms with Crippen LogP contribution in [0.3, 0.4) is 0 Å². The largest absolute Gasteiger partial charge is 0.496 e. The van der Waals surface area contributed by atoms with Crippen LogP contribution in [0.4, 0.5) is 0 Å². The minimum atomic E-state index is -0.0939. The molecule has 1 heterocycles. The highest BCUT2D eigenvalue weighted by Crippen LogP contribution is 2.27. The molecule has 0 saturated heterocycles. The predicted octanol–water partition coefficient (Wildman–Crippen LogP) is 2.80. The van der Waals surface area contributed by atoms with E-state index in [0.717, 1.165) is 22.6 Å². The summed E-state index contributed by atoms with van der Waals surface area (Å²) in [4.78, 5) is 4.41. The Kier molecular flexibility index (Phi) is 4.95. The molecule has 0 saturated carbocycles. The van der Waals surface area contributed by atoms with Crippen LogP contribution in [0.5, 0.6) is 5.75 Å². The van der Waals surface area contributed by atoms with Crippen molar-refractivity contribution in [1.82, 2.24) is 10.4 Å². The zero-order valence-electron chi connectivity index (χ0n) is 11.6. The summed E-state index contributed by atoms with van der Waals surface area (Å²) in [6, 6.07) is 9.39. The number of ether oxygens (including phenoxy) is 1. The van der Waals surface area contributed by atoms with Crippen LogP contribution in [0.2, 0.25) is 5.02 Å². The van der Waals surface area contributed by atoms with Crippen LogP contribution < -0.4 is 16.0 Å². The molecule has 1 unspecified atom stereocenters. The Bertz CT molecular complexity index is 589.